The summed E-state index contributed by atoms with van der Waals surface area (Å²) in [5.74, 6) is -0.182. The standard InChI is InChI=1S/C15H14FN3O2/c16-10-2-1-3-11(7-10)19-8-13(20)14(17-19)15(21)18-5-4-9-6-12(9)18/h1-3,7-9,12,20H,4-6H2. The summed E-state index contributed by atoms with van der Waals surface area (Å²) in [5.41, 5.74) is 0.502. The summed E-state index contributed by atoms with van der Waals surface area (Å²) in [6.45, 7) is 0.723. The van der Waals surface area contributed by atoms with Gasteiger partial charge < -0.3 is 10.0 Å². The third kappa shape index (κ3) is 1.98. The van der Waals surface area contributed by atoms with Crippen LogP contribution in [0.2, 0.25) is 0 Å². The molecule has 2 fully saturated rings. The fourth-order valence-electron chi connectivity index (χ4n) is 3.05. The first-order valence-corrected chi connectivity index (χ1v) is 6.99. The maximum atomic E-state index is 13.2. The highest BCUT2D eigenvalue weighted by Crippen LogP contribution is 2.45. The predicted octanol–water partition coefficient (Wildman–Crippen LogP) is 1.95. The number of hydrogen-bond acceptors (Lipinski definition) is 3. The number of benzene rings is 1. The Morgan fingerprint density at radius 1 is 1.43 bits per heavy atom. The van der Waals surface area contributed by atoms with Gasteiger partial charge in [-0.25, -0.2) is 9.07 Å². The molecule has 2 unspecified atom stereocenters. The van der Waals surface area contributed by atoms with E-state index in [0.717, 1.165) is 19.4 Å². The van der Waals surface area contributed by atoms with Crippen LogP contribution in [0.5, 0.6) is 5.75 Å². The monoisotopic (exact) mass is 287 g/mol. The summed E-state index contributed by atoms with van der Waals surface area (Å²) in [4.78, 5) is 14.2. The summed E-state index contributed by atoms with van der Waals surface area (Å²) in [6.07, 6.45) is 3.42. The largest absolute Gasteiger partial charge is 0.504 e. The van der Waals surface area contributed by atoms with Gasteiger partial charge in [0, 0.05) is 12.6 Å². The van der Waals surface area contributed by atoms with Crippen LogP contribution in [0.25, 0.3) is 5.69 Å². The normalized spacial score (nSPS) is 23.2. The van der Waals surface area contributed by atoms with Gasteiger partial charge in [0.15, 0.2) is 11.4 Å². The molecular formula is C15H14FN3O2. The SMILES string of the molecule is O=C(c1nn(-c2cccc(F)c2)cc1O)N1CCC2CC21. The number of carbonyl (C=O) groups is 1. The summed E-state index contributed by atoms with van der Waals surface area (Å²) >= 11 is 0. The second-order valence-electron chi connectivity index (χ2n) is 5.64. The average Bonchev–Trinajstić information content (AvgIpc) is 2.95. The molecule has 1 amide bonds. The number of aromatic hydroxyl groups is 1. The first-order chi connectivity index (χ1) is 10.1. The fraction of sp³-hybridized carbons (Fsp3) is 0.333. The third-order valence-electron chi connectivity index (χ3n) is 4.26. The first kappa shape index (κ1) is 12.4. The summed E-state index contributed by atoms with van der Waals surface area (Å²) in [7, 11) is 0. The lowest BCUT2D eigenvalue weighted by Gasteiger charge is -2.16. The molecule has 1 aromatic carbocycles. The number of nitrogens with zero attached hydrogens (tertiary/aromatic N) is 3. The van der Waals surface area contributed by atoms with Crippen LogP contribution in [-0.4, -0.2) is 38.3 Å². The highest BCUT2D eigenvalue weighted by molar-refractivity contribution is 5.95. The highest BCUT2D eigenvalue weighted by Gasteiger charge is 2.49. The maximum absolute atomic E-state index is 13.2. The van der Waals surface area contributed by atoms with Crippen molar-refractivity contribution in [3.8, 4) is 11.4 Å². The van der Waals surface area contributed by atoms with Gasteiger partial charge in [-0.15, -0.1) is 0 Å². The number of amides is 1. The van der Waals surface area contributed by atoms with E-state index < -0.39 is 5.82 Å². The van der Waals surface area contributed by atoms with Crippen molar-refractivity contribution in [2.24, 2.45) is 5.92 Å². The molecule has 1 aliphatic carbocycles. The highest BCUT2D eigenvalue weighted by atomic mass is 19.1. The van der Waals surface area contributed by atoms with Gasteiger partial charge in [0.1, 0.15) is 5.82 Å². The van der Waals surface area contributed by atoms with E-state index in [4.69, 9.17) is 0 Å². The summed E-state index contributed by atoms with van der Waals surface area (Å²) in [6, 6.07) is 6.16. The molecule has 2 atom stereocenters. The Labute approximate surface area is 120 Å². The topological polar surface area (TPSA) is 58.4 Å². The van der Waals surface area contributed by atoms with Crippen LogP contribution < -0.4 is 0 Å². The van der Waals surface area contributed by atoms with E-state index in [2.05, 4.69) is 5.10 Å². The Kier molecular flexibility index (Phi) is 2.54. The molecule has 1 saturated heterocycles. The molecule has 2 aliphatic rings. The number of piperidine rings is 1. The van der Waals surface area contributed by atoms with Crippen molar-refractivity contribution in [3.63, 3.8) is 0 Å². The lowest BCUT2D eigenvalue weighted by atomic mass is 10.3. The maximum Gasteiger partial charge on any atom is 0.278 e. The van der Waals surface area contributed by atoms with Crippen LogP contribution in [-0.2, 0) is 0 Å². The van der Waals surface area contributed by atoms with E-state index in [1.807, 2.05) is 0 Å². The lowest BCUT2D eigenvalue weighted by Crippen LogP contribution is -2.31. The fourth-order valence-corrected chi connectivity index (χ4v) is 3.05. The van der Waals surface area contributed by atoms with Gasteiger partial charge in [-0.1, -0.05) is 6.07 Å². The van der Waals surface area contributed by atoms with Gasteiger partial charge in [-0.3, -0.25) is 4.79 Å². The van der Waals surface area contributed by atoms with Crippen LogP contribution in [0, 0.1) is 11.7 Å². The molecule has 2 heterocycles. The average molecular weight is 287 g/mol. The molecule has 1 saturated carbocycles. The van der Waals surface area contributed by atoms with Crippen molar-refractivity contribution in [1.29, 1.82) is 0 Å². The van der Waals surface area contributed by atoms with Crippen molar-refractivity contribution in [3.05, 3.63) is 42.0 Å². The Bertz CT molecular complexity index is 727. The Morgan fingerprint density at radius 2 is 2.29 bits per heavy atom. The molecule has 2 aromatic rings. The number of carbonyl (C=O) groups excluding carboxylic acids is 1. The lowest BCUT2D eigenvalue weighted by molar-refractivity contribution is 0.0759. The molecule has 1 aromatic heterocycles. The van der Waals surface area contributed by atoms with Gasteiger partial charge >= 0.3 is 0 Å². The summed E-state index contributed by atoms with van der Waals surface area (Å²) in [5, 5.41) is 14.1. The number of rotatable bonds is 2. The van der Waals surface area contributed by atoms with Crippen LogP contribution >= 0.6 is 0 Å². The smallest absolute Gasteiger partial charge is 0.278 e. The molecule has 5 nitrogen and oxygen atoms in total. The molecule has 108 valence electrons. The minimum atomic E-state index is -0.393. The van der Waals surface area contributed by atoms with Crippen LogP contribution in [0.4, 0.5) is 4.39 Å². The van der Waals surface area contributed by atoms with E-state index in [0.29, 0.717) is 17.6 Å². The van der Waals surface area contributed by atoms with E-state index in [1.165, 1.54) is 23.0 Å². The molecule has 0 spiro atoms. The molecule has 0 radical (unpaired) electrons. The minimum Gasteiger partial charge on any atom is -0.504 e. The van der Waals surface area contributed by atoms with E-state index >= 15 is 0 Å². The van der Waals surface area contributed by atoms with E-state index in [1.54, 1.807) is 17.0 Å². The minimum absolute atomic E-state index is 0.0341. The van der Waals surface area contributed by atoms with E-state index in [-0.39, 0.29) is 17.4 Å². The van der Waals surface area contributed by atoms with Gasteiger partial charge in [-0.05, 0) is 37.0 Å². The zero-order valence-corrected chi connectivity index (χ0v) is 11.2. The van der Waals surface area contributed by atoms with Gasteiger partial charge in [0.25, 0.3) is 5.91 Å². The molecule has 4 rings (SSSR count). The van der Waals surface area contributed by atoms with Gasteiger partial charge in [-0.2, -0.15) is 5.10 Å². The molecule has 0 bridgehead atoms. The molecule has 21 heavy (non-hydrogen) atoms. The van der Waals surface area contributed by atoms with Crippen molar-refractivity contribution in [2.45, 2.75) is 18.9 Å². The Hall–Kier alpha value is -2.37. The number of halogens is 1. The molecule has 1 N–H and O–H groups in total. The Morgan fingerprint density at radius 3 is 2.95 bits per heavy atom. The van der Waals surface area contributed by atoms with Gasteiger partial charge in [0.05, 0.1) is 11.9 Å². The summed E-state index contributed by atoms with van der Waals surface area (Å²) < 4.78 is 14.6. The van der Waals surface area contributed by atoms with E-state index in [9.17, 15) is 14.3 Å². The van der Waals surface area contributed by atoms with Crippen LogP contribution in [0.3, 0.4) is 0 Å². The molecule has 6 heteroatoms. The van der Waals surface area contributed by atoms with Gasteiger partial charge in [0.2, 0.25) is 0 Å². The number of likely N-dealkylation sites (tertiary alicyclic amines) is 1. The second kappa shape index (κ2) is 4.31. The van der Waals surface area contributed by atoms with Crippen LogP contribution in [0.1, 0.15) is 23.3 Å². The van der Waals surface area contributed by atoms with Crippen molar-refractivity contribution < 1.29 is 14.3 Å². The third-order valence-corrected chi connectivity index (χ3v) is 4.26. The van der Waals surface area contributed by atoms with Crippen LogP contribution in [0.15, 0.2) is 30.5 Å². The zero-order chi connectivity index (χ0) is 14.6. The predicted molar refractivity (Wildman–Crippen MR) is 72.7 cm³/mol. The second-order valence-corrected chi connectivity index (χ2v) is 5.64. The molecular weight excluding hydrogens is 273 g/mol. The zero-order valence-electron chi connectivity index (χ0n) is 11.2. The number of aromatic nitrogens is 2. The number of hydrogen-bond donors (Lipinski definition) is 1. The van der Waals surface area contributed by atoms with Crippen molar-refractivity contribution in [1.82, 2.24) is 14.7 Å². The van der Waals surface area contributed by atoms with Crippen molar-refractivity contribution >= 4 is 5.91 Å². The Balaban J connectivity index is 1.66. The quantitative estimate of drug-likeness (QED) is 0.918. The first-order valence-electron chi connectivity index (χ1n) is 6.99. The number of fused-ring (bicyclic) bond motifs is 1. The molecule has 1 aliphatic heterocycles. The van der Waals surface area contributed by atoms with Crippen molar-refractivity contribution in [2.75, 3.05) is 6.54 Å².